The van der Waals surface area contributed by atoms with Crippen molar-refractivity contribution in [1.29, 1.82) is 0 Å². The van der Waals surface area contributed by atoms with Crippen LogP contribution < -0.4 is 15.5 Å². The topological polar surface area (TPSA) is 69.6 Å². The first-order valence-corrected chi connectivity index (χ1v) is 9.80. The number of guanidine groups is 1. The van der Waals surface area contributed by atoms with Crippen LogP contribution in [0, 0.1) is 6.92 Å². The van der Waals surface area contributed by atoms with Gasteiger partial charge in [0.2, 0.25) is 5.91 Å². The van der Waals surface area contributed by atoms with Gasteiger partial charge in [-0.25, -0.2) is 9.98 Å². The Hall–Kier alpha value is -2.41. The fourth-order valence-corrected chi connectivity index (χ4v) is 3.76. The van der Waals surface area contributed by atoms with E-state index in [1.165, 1.54) is 10.4 Å². The summed E-state index contributed by atoms with van der Waals surface area (Å²) < 4.78 is 0. The van der Waals surface area contributed by atoms with Crippen LogP contribution in [-0.2, 0) is 17.6 Å². The molecule has 138 valence electrons. The highest BCUT2D eigenvalue weighted by Crippen LogP contribution is 2.27. The molecule has 2 aromatic rings. The Labute approximate surface area is 158 Å². The molecule has 0 bridgehead atoms. The summed E-state index contributed by atoms with van der Waals surface area (Å²) in [6, 6.07) is 8.07. The molecule has 1 aliphatic rings. The number of nitrogens with one attached hydrogen (secondary N) is 2. The molecule has 0 spiro atoms. The molecule has 0 saturated heterocycles. The Bertz CT molecular complexity index is 786. The van der Waals surface area contributed by atoms with Crippen LogP contribution >= 0.6 is 11.3 Å². The van der Waals surface area contributed by atoms with Crippen molar-refractivity contribution >= 4 is 28.9 Å². The van der Waals surface area contributed by atoms with Crippen molar-refractivity contribution in [2.75, 3.05) is 31.1 Å². The van der Waals surface area contributed by atoms with Crippen LogP contribution in [-0.4, -0.2) is 43.0 Å². The molecular formula is C19H25N5OS. The highest BCUT2D eigenvalue weighted by atomic mass is 32.1. The van der Waals surface area contributed by atoms with Crippen molar-refractivity contribution in [2.45, 2.75) is 26.7 Å². The molecule has 0 unspecified atom stereocenters. The van der Waals surface area contributed by atoms with E-state index in [1.807, 2.05) is 36.2 Å². The average Bonchev–Trinajstić information content (AvgIpc) is 3.25. The summed E-state index contributed by atoms with van der Waals surface area (Å²) in [7, 11) is 0. The zero-order valence-electron chi connectivity index (χ0n) is 15.3. The molecule has 26 heavy (non-hydrogen) atoms. The summed E-state index contributed by atoms with van der Waals surface area (Å²) in [6.45, 7) is 6.44. The van der Waals surface area contributed by atoms with E-state index in [-0.39, 0.29) is 12.5 Å². The lowest BCUT2D eigenvalue weighted by atomic mass is 10.2. The third kappa shape index (κ3) is 4.60. The van der Waals surface area contributed by atoms with E-state index in [9.17, 15) is 4.79 Å². The predicted molar refractivity (Wildman–Crippen MR) is 107 cm³/mol. The second-order valence-electron chi connectivity index (χ2n) is 6.16. The maximum absolute atomic E-state index is 12.6. The van der Waals surface area contributed by atoms with Crippen molar-refractivity contribution in [3.8, 4) is 0 Å². The number of fused-ring (bicyclic) bond motifs is 1. The molecule has 2 heterocycles. The second-order valence-corrected chi connectivity index (χ2v) is 7.48. The van der Waals surface area contributed by atoms with Crippen LogP contribution in [0.1, 0.15) is 22.4 Å². The third-order valence-electron chi connectivity index (χ3n) is 4.21. The number of carbonyl (C=O) groups excluding carboxylic acids is 1. The minimum absolute atomic E-state index is 0.0303. The molecule has 6 nitrogen and oxygen atoms in total. The Kier molecular flexibility index (Phi) is 6.22. The molecule has 1 aliphatic heterocycles. The van der Waals surface area contributed by atoms with Gasteiger partial charge < -0.3 is 15.5 Å². The van der Waals surface area contributed by atoms with Crippen molar-refractivity contribution in [3.63, 3.8) is 0 Å². The third-order valence-corrected chi connectivity index (χ3v) is 5.18. The standard InChI is InChI=1S/C19H25N5OS/c1-3-20-19(21-10-8-17-22-12-14(2)26-17)23-13-18(25)24-11-9-15-6-4-5-7-16(15)24/h4-7,12H,3,8-11,13H2,1-2H3,(H2,20,21,23). The van der Waals surface area contributed by atoms with E-state index in [4.69, 9.17) is 0 Å². The number of aromatic nitrogens is 1. The number of rotatable bonds is 6. The van der Waals surface area contributed by atoms with Crippen LogP contribution in [0.4, 0.5) is 5.69 Å². The smallest absolute Gasteiger partial charge is 0.248 e. The Morgan fingerprint density at radius 1 is 1.35 bits per heavy atom. The zero-order chi connectivity index (χ0) is 18.4. The molecule has 1 amide bonds. The van der Waals surface area contributed by atoms with Gasteiger partial charge in [0.25, 0.3) is 0 Å². The number of anilines is 1. The van der Waals surface area contributed by atoms with Gasteiger partial charge in [-0.1, -0.05) is 18.2 Å². The number of benzene rings is 1. The first-order valence-electron chi connectivity index (χ1n) is 8.99. The summed E-state index contributed by atoms with van der Waals surface area (Å²) >= 11 is 1.71. The molecular weight excluding hydrogens is 346 g/mol. The van der Waals surface area contributed by atoms with Crippen LogP contribution in [0.15, 0.2) is 35.5 Å². The predicted octanol–water partition coefficient (Wildman–Crippen LogP) is 2.14. The number of aryl methyl sites for hydroxylation is 1. The van der Waals surface area contributed by atoms with Gasteiger partial charge >= 0.3 is 0 Å². The van der Waals surface area contributed by atoms with Crippen LogP contribution in [0.25, 0.3) is 0 Å². The number of carbonyl (C=O) groups is 1. The minimum Gasteiger partial charge on any atom is -0.357 e. The molecule has 3 rings (SSSR count). The van der Waals surface area contributed by atoms with Gasteiger partial charge in [-0.05, 0) is 31.9 Å². The van der Waals surface area contributed by atoms with E-state index < -0.39 is 0 Å². The first-order chi connectivity index (χ1) is 12.7. The normalized spacial score (nSPS) is 13.6. The number of hydrogen-bond acceptors (Lipinski definition) is 4. The SMILES string of the molecule is CCNC(=NCC(=O)N1CCc2ccccc21)NCCc1ncc(C)s1. The number of aliphatic imine (C=N–C) groups is 1. The number of hydrogen-bond donors (Lipinski definition) is 2. The molecule has 0 saturated carbocycles. The quantitative estimate of drug-likeness (QED) is 0.603. The monoisotopic (exact) mass is 371 g/mol. The molecule has 0 atom stereocenters. The minimum atomic E-state index is 0.0303. The van der Waals surface area contributed by atoms with Gasteiger partial charge in [0.1, 0.15) is 6.54 Å². The summed E-state index contributed by atoms with van der Waals surface area (Å²) in [5.74, 6) is 0.698. The number of amides is 1. The number of thiazole rings is 1. The second kappa shape index (κ2) is 8.80. The van der Waals surface area contributed by atoms with Gasteiger partial charge in [-0.2, -0.15) is 0 Å². The van der Waals surface area contributed by atoms with Gasteiger partial charge in [0, 0.05) is 42.8 Å². The highest BCUT2D eigenvalue weighted by molar-refractivity contribution is 7.11. The molecule has 0 radical (unpaired) electrons. The summed E-state index contributed by atoms with van der Waals surface area (Å²) in [5, 5.41) is 7.58. The lowest BCUT2D eigenvalue weighted by molar-refractivity contribution is -0.117. The maximum Gasteiger partial charge on any atom is 0.248 e. The Morgan fingerprint density at radius 3 is 2.96 bits per heavy atom. The van der Waals surface area contributed by atoms with E-state index in [2.05, 4.69) is 33.6 Å². The summed E-state index contributed by atoms with van der Waals surface area (Å²) in [5.41, 5.74) is 2.25. The fraction of sp³-hybridized carbons (Fsp3) is 0.421. The summed E-state index contributed by atoms with van der Waals surface area (Å²) in [6.07, 6.45) is 3.65. The van der Waals surface area contributed by atoms with Crippen molar-refractivity contribution < 1.29 is 4.79 Å². The van der Waals surface area contributed by atoms with E-state index >= 15 is 0 Å². The lowest BCUT2D eigenvalue weighted by Crippen LogP contribution is -2.39. The zero-order valence-corrected chi connectivity index (χ0v) is 16.1. The molecule has 1 aromatic carbocycles. The van der Waals surface area contributed by atoms with Crippen molar-refractivity contribution in [3.05, 3.63) is 45.9 Å². The lowest BCUT2D eigenvalue weighted by Gasteiger charge is -2.17. The maximum atomic E-state index is 12.6. The van der Waals surface area contributed by atoms with Crippen molar-refractivity contribution in [2.24, 2.45) is 4.99 Å². The molecule has 0 fully saturated rings. The van der Waals surface area contributed by atoms with Crippen LogP contribution in [0.5, 0.6) is 0 Å². The van der Waals surface area contributed by atoms with Crippen molar-refractivity contribution in [1.82, 2.24) is 15.6 Å². The largest absolute Gasteiger partial charge is 0.357 e. The molecule has 1 aromatic heterocycles. The number of para-hydroxylation sites is 1. The average molecular weight is 372 g/mol. The van der Waals surface area contributed by atoms with E-state index in [0.29, 0.717) is 5.96 Å². The van der Waals surface area contributed by atoms with E-state index in [1.54, 1.807) is 11.3 Å². The van der Waals surface area contributed by atoms with E-state index in [0.717, 1.165) is 43.2 Å². The fourth-order valence-electron chi connectivity index (χ4n) is 2.98. The molecule has 7 heteroatoms. The molecule has 0 aliphatic carbocycles. The van der Waals surface area contributed by atoms with Gasteiger partial charge in [0.15, 0.2) is 5.96 Å². The first kappa shape index (κ1) is 18.4. The number of nitrogens with zero attached hydrogens (tertiary/aromatic N) is 3. The summed E-state index contributed by atoms with van der Waals surface area (Å²) in [4.78, 5) is 24.4. The van der Waals surface area contributed by atoms with Gasteiger partial charge in [-0.3, -0.25) is 4.79 Å². The Morgan fingerprint density at radius 2 is 2.19 bits per heavy atom. The van der Waals surface area contributed by atoms with Gasteiger partial charge in [-0.15, -0.1) is 11.3 Å². The molecule has 2 N–H and O–H groups in total. The van der Waals surface area contributed by atoms with Crippen LogP contribution in [0.2, 0.25) is 0 Å². The van der Waals surface area contributed by atoms with Gasteiger partial charge in [0.05, 0.1) is 5.01 Å². The van der Waals surface area contributed by atoms with Crippen LogP contribution in [0.3, 0.4) is 0 Å². The Balaban J connectivity index is 1.54. The highest BCUT2D eigenvalue weighted by Gasteiger charge is 2.23.